The zero-order chi connectivity index (χ0) is 59.2. The van der Waals surface area contributed by atoms with Gasteiger partial charge >= 0.3 is 5.69 Å². The quantitative estimate of drug-likeness (QED) is 0.0251. The third-order valence-corrected chi connectivity index (χ3v) is 15.1. The average molecular weight is 1220 g/mol. The minimum Gasteiger partial charge on any atom is -0.489 e. The Morgan fingerprint density at radius 2 is 1.65 bits per heavy atom. The lowest BCUT2D eigenvalue weighted by molar-refractivity contribution is -0.385. The van der Waals surface area contributed by atoms with Crippen LogP contribution in [0.1, 0.15) is 80.2 Å². The number of methoxy groups -OCH3 is 1. The molecule has 1 aromatic heterocycles. The zero-order valence-electron chi connectivity index (χ0n) is 44.6. The summed E-state index contributed by atoms with van der Waals surface area (Å²) in [5.74, 6) is 0.157. The Morgan fingerprint density at radius 1 is 0.963 bits per heavy atom. The second kappa shape index (κ2) is 29.4. The molecule has 1 saturated carbocycles. The van der Waals surface area contributed by atoms with Crippen molar-refractivity contribution >= 4 is 114 Å². The second-order valence-electron chi connectivity index (χ2n) is 18.5. The highest BCUT2D eigenvalue weighted by Crippen LogP contribution is 2.36. The summed E-state index contributed by atoms with van der Waals surface area (Å²) in [6, 6.07) is 19.2. The Labute approximate surface area is 488 Å². The van der Waals surface area contributed by atoms with Crippen LogP contribution in [0.4, 0.5) is 17.1 Å². The summed E-state index contributed by atoms with van der Waals surface area (Å²) >= 11 is 29.3. The van der Waals surface area contributed by atoms with Crippen molar-refractivity contribution in [3.63, 3.8) is 0 Å². The topological polar surface area (TPSA) is 237 Å². The number of benzene rings is 4. The number of ether oxygens (including phenoxy) is 3. The number of carbonyl (C=O) groups excluding carboxylic acids is 5. The maximum Gasteiger partial charge on any atom is 0.350 e. The van der Waals surface area contributed by atoms with Gasteiger partial charge in [-0.3, -0.25) is 38.7 Å². The molecule has 8 rings (SSSR count). The molecule has 2 aliphatic heterocycles. The molecule has 0 spiro atoms. The van der Waals surface area contributed by atoms with Crippen molar-refractivity contribution in [1.82, 2.24) is 14.3 Å². The number of hydrogen-bond acceptors (Lipinski definition) is 14. The minimum absolute atomic E-state index is 0.0223. The number of anilines is 2. The van der Waals surface area contributed by atoms with Crippen LogP contribution in [0.15, 0.2) is 82.5 Å². The van der Waals surface area contributed by atoms with Crippen LogP contribution in [-0.2, 0) is 53.1 Å². The van der Waals surface area contributed by atoms with Crippen molar-refractivity contribution in [2.75, 3.05) is 48.9 Å². The first-order chi connectivity index (χ1) is 37.9. The fraction of sp³-hybridized carbons (Fsp3) is 0.400. The third-order valence-electron chi connectivity index (χ3n) is 12.8. The van der Waals surface area contributed by atoms with Gasteiger partial charge in [-0.05, 0) is 87.9 Å². The first kappa shape index (κ1) is 64.5. The Balaban J connectivity index is 0.000000198. The van der Waals surface area contributed by atoms with Gasteiger partial charge in [-0.25, -0.2) is 13.2 Å². The van der Waals surface area contributed by atoms with E-state index in [9.17, 15) is 47.3 Å². The summed E-state index contributed by atoms with van der Waals surface area (Å²) in [7, 11) is -2.06. The van der Waals surface area contributed by atoms with Crippen LogP contribution in [-0.4, -0.2) is 113 Å². The number of Topliss-reactive ketones (excluding diaryl/α,β-unsaturated/α-hetero) is 3. The lowest BCUT2D eigenvalue weighted by atomic mass is 9.81. The van der Waals surface area contributed by atoms with E-state index in [-0.39, 0.29) is 59.8 Å². The molecule has 0 bridgehead atoms. The van der Waals surface area contributed by atoms with Crippen LogP contribution in [0.5, 0.6) is 11.5 Å². The smallest absolute Gasteiger partial charge is 0.350 e. The number of amides is 2. The van der Waals surface area contributed by atoms with Crippen LogP contribution in [0.2, 0.25) is 10.0 Å². The molecular weight excluding hydrogens is 1160 g/mol. The molecule has 5 aromatic rings. The lowest BCUT2D eigenvalue weighted by Crippen LogP contribution is -2.47. The maximum absolute atomic E-state index is 12.5. The van der Waals surface area contributed by atoms with E-state index in [2.05, 4.69) is 24.0 Å². The molecular formula is C55H59Cl5N6O13S. The number of fused-ring (bicyclic) bond motifs is 2. The number of hydrogen-bond donors (Lipinski definition) is 0. The molecule has 19 nitrogen and oxygen atoms in total. The van der Waals surface area contributed by atoms with Crippen molar-refractivity contribution in [2.24, 2.45) is 5.92 Å². The van der Waals surface area contributed by atoms with E-state index < -0.39 is 54.1 Å². The number of sulfone groups is 1. The monoisotopic (exact) mass is 1220 g/mol. The molecule has 0 N–H and O–H groups in total. The number of aryl methyl sites for hydroxylation is 3. The first-order valence-corrected chi connectivity index (χ1v) is 29.1. The third kappa shape index (κ3) is 15.8. The van der Waals surface area contributed by atoms with Gasteiger partial charge in [-0.15, -0.1) is 23.1 Å². The van der Waals surface area contributed by atoms with E-state index >= 15 is 0 Å². The van der Waals surface area contributed by atoms with E-state index in [1.165, 1.54) is 10.7 Å². The number of carbonyl (C=O) groups is 5. The second-order valence-corrected chi connectivity index (χ2v) is 22.7. The van der Waals surface area contributed by atoms with Crippen LogP contribution in [0, 0.1) is 35.3 Å². The van der Waals surface area contributed by atoms with Crippen molar-refractivity contribution in [3.05, 3.63) is 126 Å². The molecule has 1 fully saturated rings. The SMILES string of the molecule is C#CCOc1cc(-n2nc3n(c2=O)CCCC3)c(Cl)cc1Cl.CC1COc2ccccc2N1C(=O)C(Cl)Cl.CCc1cccc(C)c1N(C(=O)CCl)C(C)COC.CS(=O)(=O)c1ccc(C(=O)C2C(=O)CCCC2=O)c([N+](=O)[O-])c1. The van der Waals surface area contributed by atoms with Gasteiger partial charge in [0.25, 0.3) is 11.6 Å². The van der Waals surface area contributed by atoms with Crippen LogP contribution >= 0.6 is 58.0 Å². The predicted molar refractivity (Wildman–Crippen MR) is 307 cm³/mol. The minimum atomic E-state index is -3.70. The van der Waals surface area contributed by atoms with Crippen LogP contribution in [0.25, 0.3) is 5.69 Å². The van der Waals surface area contributed by atoms with Crippen LogP contribution < -0.4 is 25.0 Å². The fourth-order valence-electron chi connectivity index (χ4n) is 8.98. The van der Waals surface area contributed by atoms with Gasteiger partial charge in [0.05, 0.1) is 61.2 Å². The molecule has 80 heavy (non-hydrogen) atoms. The number of terminal acetylenes is 1. The predicted octanol–water partition coefficient (Wildman–Crippen LogP) is 9.58. The summed E-state index contributed by atoms with van der Waals surface area (Å²) in [5, 5.41) is 16.2. The number of halogens is 5. The first-order valence-electron chi connectivity index (χ1n) is 25.0. The molecule has 0 saturated heterocycles. The molecule has 4 aromatic carbocycles. The lowest BCUT2D eigenvalue weighted by Gasteiger charge is -2.35. The van der Waals surface area contributed by atoms with Gasteiger partial charge in [-0.1, -0.05) is 89.6 Å². The normalized spacial score (nSPS) is 15.2. The van der Waals surface area contributed by atoms with Gasteiger partial charge in [0.2, 0.25) is 5.91 Å². The molecule has 1 aliphatic carbocycles. The van der Waals surface area contributed by atoms with Gasteiger partial charge in [-0.2, -0.15) is 4.68 Å². The molecule has 25 heteroatoms. The Morgan fingerprint density at radius 3 is 2.25 bits per heavy atom. The molecule has 0 radical (unpaired) electrons. The summed E-state index contributed by atoms with van der Waals surface area (Å²) in [6.07, 6.45) is 10.2. The average Bonchev–Trinajstić information content (AvgIpc) is 3.87. The number of alkyl halides is 3. The van der Waals surface area contributed by atoms with E-state index in [0.717, 1.165) is 78.5 Å². The number of rotatable bonds is 14. The van der Waals surface area contributed by atoms with Gasteiger partial charge < -0.3 is 24.0 Å². The molecule has 2 unspecified atom stereocenters. The number of nitro groups is 1. The highest BCUT2D eigenvalue weighted by Gasteiger charge is 2.39. The van der Waals surface area contributed by atoms with E-state index in [0.29, 0.717) is 53.4 Å². The number of nitrogens with zero attached hydrogens (tertiary/aromatic N) is 6. The Bertz CT molecular complexity index is 3330. The highest BCUT2D eigenvalue weighted by atomic mass is 35.5. The van der Waals surface area contributed by atoms with Gasteiger partial charge in [0.15, 0.2) is 32.0 Å². The maximum atomic E-state index is 12.5. The molecule has 2 atom stereocenters. The molecule has 2 amide bonds. The number of nitro benzene ring substituents is 1. The number of para-hydroxylation sites is 3. The van der Waals surface area contributed by atoms with Crippen molar-refractivity contribution in [2.45, 2.75) is 101 Å². The molecule has 3 aliphatic rings. The van der Waals surface area contributed by atoms with E-state index in [1.807, 2.05) is 57.2 Å². The molecule has 3 heterocycles. The molecule has 428 valence electrons. The summed E-state index contributed by atoms with van der Waals surface area (Å²) in [5.41, 5.74) is 2.99. The van der Waals surface area contributed by atoms with Crippen molar-refractivity contribution in [1.29, 1.82) is 0 Å². The Hall–Kier alpha value is -6.31. The van der Waals surface area contributed by atoms with Crippen LogP contribution in [0.3, 0.4) is 0 Å². The van der Waals surface area contributed by atoms with Gasteiger partial charge in [0, 0.05) is 51.3 Å². The number of aromatic nitrogens is 3. The van der Waals surface area contributed by atoms with Crippen molar-refractivity contribution in [3.8, 4) is 29.5 Å². The van der Waals surface area contributed by atoms with E-state index in [1.54, 1.807) is 27.5 Å². The summed E-state index contributed by atoms with van der Waals surface area (Å²) < 4.78 is 42.0. The standard InChI is InChI=1S/C15H13Cl2N3O2.C15H22ClNO2.C14H13NO7S.C11H11Cl2NO2/c1-2-7-22-13-9-12(10(16)8-11(13)17)20-15(21)19-6-4-3-5-14(19)18-20;1-5-13-8-6-7-11(2)15(13)17(14(18)9-16)12(3)10-19-4;1-23(21,22)8-5-6-9(10(7-8)15(19)20)14(18)13-11(16)3-2-4-12(13)17;1-7-6-16-9-5-3-2-4-8(9)14(7)11(15)10(12)13/h1,8-9H,3-7H2;6-8,12H,5,9-10H2,1-4H3;5-7,13H,2-4H2,1H3;2-5,7,10H,6H2,1H3. The zero-order valence-corrected chi connectivity index (χ0v) is 49.2. The van der Waals surface area contributed by atoms with Crippen molar-refractivity contribution < 1.29 is 51.5 Å². The largest absolute Gasteiger partial charge is 0.489 e. The fourth-order valence-corrected chi connectivity index (χ4v) is 10.5. The Kier molecular flexibility index (Phi) is 23.7. The number of ketones is 3. The highest BCUT2D eigenvalue weighted by molar-refractivity contribution is 7.90. The summed E-state index contributed by atoms with van der Waals surface area (Å²) in [6.45, 7) is 9.66. The summed E-state index contributed by atoms with van der Waals surface area (Å²) in [4.78, 5) is 84.8. The van der Waals surface area contributed by atoms with Gasteiger partial charge in [0.1, 0.15) is 42.3 Å². The van der Waals surface area contributed by atoms with E-state index in [4.69, 9.17) is 78.6 Å².